The molecule has 0 saturated heterocycles. The molecule has 0 aliphatic heterocycles. The Morgan fingerprint density at radius 2 is 2.00 bits per heavy atom. The molecular weight excluding hydrogens is 282 g/mol. The average molecular weight is 294 g/mol. The van der Waals surface area contributed by atoms with Crippen LogP contribution in [0, 0.1) is 0 Å². The average Bonchev–Trinajstić information content (AvgIpc) is 2.47. The predicted octanol–water partition coefficient (Wildman–Crippen LogP) is 2.22. The molecule has 0 atom stereocenters. The van der Waals surface area contributed by atoms with Crippen molar-refractivity contribution in [1.82, 2.24) is 10.2 Å². The highest BCUT2D eigenvalue weighted by Gasteiger charge is 2.04. The van der Waals surface area contributed by atoms with Crippen molar-refractivity contribution in [2.45, 2.75) is 0 Å². The molecule has 7 heteroatoms. The number of aromatic amines is 1. The molecule has 0 unspecified atom stereocenters. The van der Waals surface area contributed by atoms with Crippen molar-refractivity contribution in [2.75, 3.05) is 17.8 Å². The van der Waals surface area contributed by atoms with Gasteiger partial charge in [0.25, 0.3) is 5.56 Å². The van der Waals surface area contributed by atoms with Crippen LogP contribution < -0.4 is 10.9 Å². The van der Waals surface area contributed by atoms with Crippen LogP contribution in [0.2, 0.25) is 0 Å². The summed E-state index contributed by atoms with van der Waals surface area (Å²) in [6.07, 6.45) is -0.555. The maximum absolute atomic E-state index is 11.3. The summed E-state index contributed by atoms with van der Waals surface area (Å²) in [6, 6.07) is 10.00. The molecule has 104 valence electrons. The van der Waals surface area contributed by atoms with Gasteiger partial charge in [0.2, 0.25) is 0 Å². The molecule has 1 heterocycles. The molecule has 20 heavy (non-hydrogen) atoms. The van der Waals surface area contributed by atoms with Gasteiger partial charge in [-0.25, -0.2) is 9.89 Å². The molecule has 0 radical (unpaired) electrons. The number of hydrogen-bond donors (Lipinski definition) is 2. The summed E-state index contributed by atoms with van der Waals surface area (Å²) in [5, 5.41) is 8.84. The van der Waals surface area contributed by atoms with Gasteiger partial charge >= 0.3 is 6.09 Å². The number of aromatic nitrogens is 2. The third-order valence-corrected chi connectivity index (χ3v) is 2.57. The van der Waals surface area contributed by atoms with E-state index in [0.717, 1.165) is 5.56 Å². The van der Waals surface area contributed by atoms with E-state index in [2.05, 4.69) is 15.5 Å². The Morgan fingerprint density at radius 1 is 1.25 bits per heavy atom. The number of hydrogen-bond acceptors (Lipinski definition) is 4. The number of nitrogens with zero attached hydrogens (tertiary/aromatic N) is 1. The highest BCUT2D eigenvalue weighted by molar-refractivity contribution is 6.18. The van der Waals surface area contributed by atoms with Crippen LogP contribution in [0.25, 0.3) is 11.3 Å². The number of ether oxygens (including phenoxy) is 1. The summed E-state index contributed by atoms with van der Waals surface area (Å²) >= 11 is 5.41. The van der Waals surface area contributed by atoms with Crippen molar-refractivity contribution >= 4 is 23.4 Å². The van der Waals surface area contributed by atoms with E-state index < -0.39 is 6.09 Å². The highest BCUT2D eigenvalue weighted by atomic mass is 35.5. The highest BCUT2D eigenvalue weighted by Crippen LogP contribution is 2.18. The van der Waals surface area contributed by atoms with Crippen LogP contribution in [0.5, 0.6) is 0 Å². The first-order valence-electron chi connectivity index (χ1n) is 5.85. The molecule has 2 N–H and O–H groups in total. The number of alkyl halides is 1. The Kier molecular flexibility index (Phi) is 4.73. The Labute approximate surface area is 119 Å². The lowest BCUT2D eigenvalue weighted by Crippen LogP contribution is -2.14. The van der Waals surface area contributed by atoms with E-state index in [1.165, 1.54) is 6.07 Å². The van der Waals surface area contributed by atoms with E-state index in [1.54, 1.807) is 30.3 Å². The fourth-order valence-electron chi connectivity index (χ4n) is 1.51. The van der Waals surface area contributed by atoms with Crippen molar-refractivity contribution in [1.29, 1.82) is 0 Å². The molecule has 0 bridgehead atoms. The topological polar surface area (TPSA) is 84.1 Å². The first-order chi connectivity index (χ1) is 9.69. The Morgan fingerprint density at radius 3 is 2.60 bits per heavy atom. The molecular formula is C13H12ClN3O3. The molecule has 2 rings (SSSR count). The van der Waals surface area contributed by atoms with Gasteiger partial charge < -0.3 is 4.74 Å². The second kappa shape index (κ2) is 6.72. The van der Waals surface area contributed by atoms with E-state index in [1.807, 2.05) is 0 Å². The summed E-state index contributed by atoms with van der Waals surface area (Å²) in [7, 11) is 0. The molecule has 0 fully saturated rings. The van der Waals surface area contributed by atoms with Crippen molar-refractivity contribution in [3.8, 4) is 11.3 Å². The zero-order chi connectivity index (χ0) is 14.4. The molecule has 1 amide bonds. The zero-order valence-corrected chi connectivity index (χ0v) is 11.2. The van der Waals surface area contributed by atoms with Gasteiger partial charge in [-0.15, -0.1) is 11.6 Å². The van der Waals surface area contributed by atoms with Crippen LogP contribution in [0.15, 0.2) is 41.2 Å². The fraction of sp³-hybridized carbons (Fsp3) is 0.154. The minimum atomic E-state index is -0.555. The van der Waals surface area contributed by atoms with Gasteiger partial charge in [0, 0.05) is 17.3 Å². The van der Waals surface area contributed by atoms with E-state index in [-0.39, 0.29) is 18.0 Å². The quantitative estimate of drug-likeness (QED) is 0.847. The van der Waals surface area contributed by atoms with Crippen molar-refractivity contribution in [2.24, 2.45) is 0 Å². The monoisotopic (exact) mass is 293 g/mol. The van der Waals surface area contributed by atoms with Gasteiger partial charge in [0.15, 0.2) is 0 Å². The second-order valence-electron chi connectivity index (χ2n) is 3.83. The lowest BCUT2D eigenvalue weighted by atomic mass is 10.1. The normalized spacial score (nSPS) is 10.1. The Hall–Kier alpha value is -2.34. The third-order valence-electron chi connectivity index (χ3n) is 2.42. The molecule has 0 saturated carbocycles. The van der Waals surface area contributed by atoms with Crippen molar-refractivity contribution in [3.05, 3.63) is 46.8 Å². The van der Waals surface area contributed by atoms with Crippen LogP contribution in [0.3, 0.4) is 0 Å². The van der Waals surface area contributed by atoms with Crippen molar-refractivity contribution < 1.29 is 9.53 Å². The van der Waals surface area contributed by atoms with E-state index >= 15 is 0 Å². The fourth-order valence-corrected chi connectivity index (χ4v) is 1.59. The number of rotatable bonds is 4. The van der Waals surface area contributed by atoms with Gasteiger partial charge in [-0.2, -0.15) is 5.10 Å². The number of halogens is 1. The summed E-state index contributed by atoms with van der Waals surface area (Å²) in [5.41, 5.74) is 1.80. The first kappa shape index (κ1) is 14.1. The minimum Gasteiger partial charge on any atom is -0.448 e. The Bertz CT molecular complexity index is 620. The summed E-state index contributed by atoms with van der Waals surface area (Å²) in [6.45, 7) is 0.159. The van der Waals surface area contributed by atoms with Gasteiger partial charge in [-0.3, -0.25) is 10.1 Å². The van der Waals surface area contributed by atoms with Gasteiger partial charge in [-0.1, -0.05) is 12.1 Å². The minimum absolute atomic E-state index is 0.159. The summed E-state index contributed by atoms with van der Waals surface area (Å²) in [4.78, 5) is 22.2. The Balaban J connectivity index is 2.04. The maximum atomic E-state index is 11.3. The molecule has 1 aromatic carbocycles. The SMILES string of the molecule is O=C(Nc1ccc(-c2ccc(=O)[nH]n2)cc1)OCCCl. The standard InChI is InChI=1S/C13H12ClN3O3/c14-7-8-20-13(19)15-10-3-1-9(2-4-10)11-5-6-12(18)17-16-11/h1-6H,7-8H2,(H,15,19)(H,17,18). The third kappa shape index (κ3) is 3.83. The number of carbonyl (C=O) groups excluding carboxylic acids is 1. The molecule has 0 aliphatic carbocycles. The van der Waals surface area contributed by atoms with Crippen LogP contribution in [-0.2, 0) is 4.74 Å². The summed E-state index contributed by atoms with van der Waals surface area (Å²) in [5.74, 6) is 0.254. The van der Waals surface area contributed by atoms with Gasteiger partial charge in [-0.05, 0) is 18.2 Å². The lowest BCUT2D eigenvalue weighted by molar-refractivity contribution is 0.168. The largest absolute Gasteiger partial charge is 0.448 e. The van der Waals surface area contributed by atoms with Gasteiger partial charge in [0.1, 0.15) is 6.61 Å². The van der Waals surface area contributed by atoms with Crippen LogP contribution in [0.1, 0.15) is 0 Å². The van der Waals surface area contributed by atoms with Crippen molar-refractivity contribution in [3.63, 3.8) is 0 Å². The first-order valence-corrected chi connectivity index (χ1v) is 6.38. The number of nitrogens with one attached hydrogen (secondary N) is 2. The molecule has 2 aromatic rings. The maximum Gasteiger partial charge on any atom is 0.411 e. The summed E-state index contributed by atoms with van der Waals surface area (Å²) < 4.78 is 4.79. The number of benzene rings is 1. The van der Waals surface area contributed by atoms with Crippen LogP contribution >= 0.6 is 11.6 Å². The molecule has 6 nitrogen and oxygen atoms in total. The molecule has 0 aliphatic rings. The van der Waals surface area contributed by atoms with E-state index in [9.17, 15) is 9.59 Å². The number of carbonyl (C=O) groups is 1. The van der Waals surface area contributed by atoms with Crippen LogP contribution in [0.4, 0.5) is 10.5 Å². The van der Waals surface area contributed by atoms with Crippen LogP contribution in [-0.4, -0.2) is 28.8 Å². The number of amides is 1. The molecule has 0 spiro atoms. The number of anilines is 1. The lowest BCUT2D eigenvalue weighted by Gasteiger charge is -2.06. The van der Waals surface area contributed by atoms with Gasteiger partial charge in [0.05, 0.1) is 11.6 Å². The number of H-pyrrole nitrogens is 1. The van der Waals surface area contributed by atoms with E-state index in [4.69, 9.17) is 16.3 Å². The second-order valence-corrected chi connectivity index (χ2v) is 4.21. The smallest absolute Gasteiger partial charge is 0.411 e. The predicted molar refractivity (Wildman–Crippen MR) is 76.0 cm³/mol. The van der Waals surface area contributed by atoms with E-state index in [0.29, 0.717) is 11.4 Å². The zero-order valence-electron chi connectivity index (χ0n) is 10.4. The molecule has 1 aromatic heterocycles.